The van der Waals surface area contributed by atoms with Gasteiger partial charge in [-0.2, -0.15) is 0 Å². The summed E-state index contributed by atoms with van der Waals surface area (Å²) in [5.74, 6) is -0.531. The number of carbonyl (C=O) groups excluding carboxylic acids is 2. The van der Waals surface area contributed by atoms with Crippen LogP contribution < -0.4 is 20.4 Å². The van der Waals surface area contributed by atoms with Gasteiger partial charge in [0.1, 0.15) is 28.2 Å². The van der Waals surface area contributed by atoms with Crippen molar-refractivity contribution in [3.8, 4) is 11.5 Å². The zero-order valence-corrected chi connectivity index (χ0v) is 17.9. The molecule has 0 fully saturated rings. The second-order valence-electron chi connectivity index (χ2n) is 7.23. The fourth-order valence-electron chi connectivity index (χ4n) is 3.35. The Labute approximate surface area is 189 Å². The van der Waals surface area contributed by atoms with Gasteiger partial charge in [-0.3, -0.25) is 4.79 Å². The minimum Gasteiger partial charge on any atom is -0.496 e. The van der Waals surface area contributed by atoms with Crippen molar-refractivity contribution in [3.05, 3.63) is 106 Å². The van der Waals surface area contributed by atoms with Crippen LogP contribution >= 0.6 is 0 Å². The van der Waals surface area contributed by atoms with Gasteiger partial charge in [0.15, 0.2) is 0 Å². The van der Waals surface area contributed by atoms with Crippen molar-refractivity contribution in [3.63, 3.8) is 0 Å². The average molecular weight is 443 g/mol. The van der Waals surface area contributed by atoms with Gasteiger partial charge in [0.2, 0.25) is 0 Å². The van der Waals surface area contributed by atoms with Gasteiger partial charge in [0, 0.05) is 18.0 Å². The number of methoxy groups -OCH3 is 1. The predicted molar refractivity (Wildman–Crippen MR) is 123 cm³/mol. The number of esters is 1. The van der Waals surface area contributed by atoms with Crippen LogP contribution in [0, 0.1) is 0 Å². The van der Waals surface area contributed by atoms with E-state index in [-0.39, 0.29) is 22.5 Å². The number of nitrogens with one attached hydrogen (secondary N) is 1. The fraction of sp³-hybridized carbons (Fsp3) is 0.115. The Morgan fingerprint density at radius 3 is 2.45 bits per heavy atom. The summed E-state index contributed by atoms with van der Waals surface area (Å²) in [4.78, 5) is 37.4. The molecule has 7 nitrogen and oxygen atoms in total. The number of fused-ring (bicyclic) bond motifs is 1. The van der Waals surface area contributed by atoms with Crippen molar-refractivity contribution in [1.29, 1.82) is 0 Å². The molecule has 0 aliphatic carbocycles. The van der Waals surface area contributed by atoms with Gasteiger partial charge in [-0.25, -0.2) is 9.59 Å². The van der Waals surface area contributed by atoms with E-state index in [1.165, 1.54) is 19.2 Å². The predicted octanol–water partition coefficient (Wildman–Crippen LogP) is 3.99. The van der Waals surface area contributed by atoms with E-state index in [0.29, 0.717) is 24.1 Å². The third kappa shape index (κ3) is 5.10. The van der Waals surface area contributed by atoms with Crippen LogP contribution in [-0.4, -0.2) is 25.5 Å². The van der Waals surface area contributed by atoms with Gasteiger partial charge in [-0.15, -0.1) is 0 Å². The van der Waals surface area contributed by atoms with Crippen molar-refractivity contribution in [2.75, 3.05) is 13.7 Å². The van der Waals surface area contributed by atoms with Gasteiger partial charge >= 0.3 is 11.6 Å². The Morgan fingerprint density at radius 1 is 0.909 bits per heavy atom. The van der Waals surface area contributed by atoms with E-state index in [9.17, 15) is 14.4 Å². The lowest BCUT2D eigenvalue weighted by molar-refractivity contribution is 0.0731. The van der Waals surface area contributed by atoms with Gasteiger partial charge in [0.05, 0.1) is 7.11 Å². The van der Waals surface area contributed by atoms with E-state index in [0.717, 1.165) is 5.56 Å². The van der Waals surface area contributed by atoms with Gasteiger partial charge in [-0.1, -0.05) is 42.5 Å². The van der Waals surface area contributed by atoms with E-state index in [2.05, 4.69) is 5.32 Å². The monoisotopic (exact) mass is 443 g/mol. The Balaban J connectivity index is 1.48. The molecule has 1 amide bonds. The molecular weight excluding hydrogens is 422 g/mol. The smallest absolute Gasteiger partial charge is 0.349 e. The molecular formula is C26H21NO6. The van der Waals surface area contributed by atoms with Gasteiger partial charge in [-0.05, 0) is 42.3 Å². The minimum atomic E-state index is -0.770. The molecule has 0 saturated carbocycles. The highest BCUT2D eigenvalue weighted by molar-refractivity contribution is 5.97. The van der Waals surface area contributed by atoms with E-state index in [4.69, 9.17) is 13.9 Å². The quantitative estimate of drug-likeness (QED) is 0.264. The standard InChI is InChI=1S/C26H21NO6/c1-31-22-10-6-5-9-20(22)25(29)32-19-12-11-18-15-21(26(30)33-23(18)16-19)24(28)27-14-13-17-7-3-2-4-8-17/h2-12,15-16H,13-14H2,1H3,(H,27,28). The lowest BCUT2D eigenvalue weighted by Crippen LogP contribution is -2.29. The van der Waals surface area contributed by atoms with E-state index in [1.54, 1.807) is 36.4 Å². The number of ether oxygens (including phenoxy) is 2. The third-order valence-corrected chi connectivity index (χ3v) is 5.03. The number of hydrogen-bond acceptors (Lipinski definition) is 6. The molecule has 4 rings (SSSR count). The molecule has 1 aromatic heterocycles. The molecule has 0 saturated heterocycles. The lowest BCUT2D eigenvalue weighted by atomic mass is 10.1. The zero-order valence-electron chi connectivity index (χ0n) is 17.9. The highest BCUT2D eigenvalue weighted by Crippen LogP contribution is 2.24. The van der Waals surface area contributed by atoms with E-state index in [1.807, 2.05) is 30.3 Å². The highest BCUT2D eigenvalue weighted by Gasteiger charge is 2.16. The third-order valence-electron chi connectivity index (χ3n) is 5.03. The van der Waals surface area contributed by atoms with Crippen LogP contribution in [0.15, 0.2) is 88.1 Å². The maximum absolute atomic E-state index is 12.5. The molecule has 7 heteroatoms. The largest absolute Gasteiger partial charge is 0.496 e. The highest BCUT2D eigenvalue weighted by atomic mass is 16.5. The van der Waals surface area contributed by atoms with Crippen LogP contribution in [0.4, 0.5) is 0 Å². The van der Waals surface area contributed by atoms with Crippen LogP contribution in [-0.2, 0) is 6.42 Å². The SMILES string of the molecule is COc1ccccc1C(=O)Oc1ccc2cc(C(=O)NCCc3ccccc3)c(=O)oc2c1. The summed E-state index contributed by atoms with van der Waals surface area (Å²) >= 11 is 0. The molecule has 0 aliphatic rings. The van der Waals surface area contributed by atoms with Crippen LogP contribution in [0.2, 0.25) is 0 Å². The average Bonchev–Trinajstić information content (AvgIpc) is 2.84. The van der Waals surface area contributed by atoms with Crippen molar-refractivity contribution in [2.24, 2.45) is 0 Å². The molecule has 1 heterocycles. The second-order valence-corrected chi connectivity index (χ2v) is 7.23. The first-order chi connectivity index (χ1) is 16.0. The number of rotatable bonds is 7. The summed E-state index contributed by atoms with van der Waals surface area (Å²) in [6, 6.07) is 22.5. The minimum absolute atomic E-state index is 0.0886. The molecule has 0 unspecified atom stereocenters. The lowest BCUT2D eigenvalue weighted by Gasteiger charge is -2.09. The Hall–Kier alpha value is -4.39. The summed E-state index contributed by atoms with van der Waals surface area (Å²) in [6.45, 7) is 0.387. The number of carbonyl (C=O) groups is 2. The second kappa shape index (κ2) is 9.82. The van der Waals surface area contributed by atoms with Crippen LogP contribution in [0.3, 0.4) is 0 Å². The Bertz CT molecular complexity index is 1360. The molecule has 4 aromatic rings. The summed E-state index contributed by atoms with van der Waals surface area (Å²) in [5.41, 5.74) is 0.691. The van der Waals surface area contributed by atoms with Crippen molar-refractivity contribution in [1.82, 2.24) is 5.32 Å². The Kier molecular flexibility index (Phi) is 6.50. The molecule has 1 N–H and O–H groups in total. The van der Waals surface area contributed by atoms with Crippen molar-refractivity contribution < 1.29 is 23.5 Å². The normalized spacial score (nSPS) is 10.6. The molecule has 0 aliphatic heterocycles. The number of hydrogen-bond donors (Lipinski definition) is 1. The first kappa shape index (κ1) is 21.8. The summed E-state index contributed by atoms with van der Waals surface area (Å²) < 4.78 is 15.9. The maximum Gasteiger partial charge on any atom is 0.349 e. The van der Waals surface area contributed by atoms with Gasteiger partial charge in [0.25, 0.3) is 5.91 Å². The molecule has 0 atom stereocenters. The maximum atomic E-state index is 12.5. The fourth-order valence-corrected chi connectivity index (χ4v) is 3.35. The number of amides is 1. The zero-order chi connectivity index (χ0) is 23.2. The summed E-state index contributed by atoms with van der Waals surface area (Å²) in [6.07, 6.45) is 0.645. The Morgan fingerprint density at radius 2 is 1.67 bits per heavy atom. The molecule has 166 valence electrons. The van der Waals surface area contributed by atoms with Crippen molar-refractivity contribution in [2.45, 2.75) is 6.42 Å². The van der Waals surface area contributed by atoms with E-state index >= 15 is 0 Å². The number of para-hydroxylation sites is 1. The first-order valence-corrected chi connectivity index (χ1v) is 10.3. The number of benzene rings is 3. The van der Waals surface area contributed by atoms with Gasteiger partial charge < -0.3 is 19.2 Å². The van der Waals surface area contributed by atoms with Crippen LogP contribution in [0.5, 0.6) is 11.5 Å². The van der Waals surface area contributed by atoms with Crippen molar-refractivity contribution >= 4 is 22.8 Å². The molecule has 0 radical (unpaired) electrons. The topological polar surface area (TPSA) is 94.8 Å². The molecule has 0 spiro atoms. The summed E-state index contributed by atoms with van der Waals surface area (Å²) in [5, 5.41) is 3.27. The summed E-state index contributed by atoms with van der Waals surface area (Å²) in [7, 11) is 1.46. The van der Waals surface area contributed by atoms with Crippen LogP contribution in [0.25, 0.3) is 11.0 Å². The molecule has 0 bridgehead atoms. The van der Waals surface area contributed by atoms with E-state index < -0.39 is 17.5 Å². The molecule has 33 heavy (non-hydrogen) atoms. The van der Waals surface area contributed by atoms with Crippen LogP contribution in [0.1, 0.15) is 26.3 Å². The first-order valence-electron chi connectivity index (χ1n) is 10.3. The molecule has 3 aromatic carbocycles.